The van der Waals surface area contributed by atoms with E-state index in [9.17, 15) is 4.79 Å². The van der Waals surface area contributed by atoms with Crippen molar-refractivity contribution in [2.24, 2.45) is 0 Å². The van der Waals surface area contributed by atoms with E-state index in [-0.39, 0.29) is 11.9 Å². The average Bonchev–Trinajstić information content (AvgIpc) is 2.18. The van der Waals surface area contributed by atoms with Crippen LogP contribution in [0.15, 0.2) is 24.3 Å². The smallest absolute Gasteiger partial charge is 0.252 e. The van der Waals surface area contributed by atoms with Gasteiger partial charge in [-0.3, -0.25) is 4.79 Å². The molecule has 1 rings (SSSR count). The molecule has 15 heavy (non-hydrogen) atoms. The van der Waals surface area contributed by atoms with Gasteiger partial charge in [0.15, 0.2) is 0 Å². The summed E-state index contributed by atoms with van der Waals surface area (Å²) in [5.74, 6) is 0.955. The van der Waals surface area contributed by atoms with Gasteiger partial charge in [0.2, 0.25) is 0 Å². The molecule has 1 aromatic rings. The SMILES string of the molecule is CSCC(C)NC(=O)c1ccccc1I. The van der Waals surface area contributed by atoms with E-state index in [0.717, 1.165) is 14.9 Å². The van der Waals surface area contributed by atoms with E-state index < -0.39 is 0 Å². The highest BCUT2D eigenvalue weighted by Crippen LogP contribution is 2.11. The maximum Gasteiger partial charge on any atom is 0.252 e. The second-order valence-corrected chi connectivity index (χ2v) is 5.38. The zero-order chi connectivity index (χ0) is 11.3. The Hall–Kier alpha value is -0.230. The van der Waals surface area contributed by atoms with Crippen molar-refractivity contribution in [3.8, 4) is 0 Å². The van der Waals surface area contributed by atoms with Crippen molar-refractivity contribution in [2.75, 3.05) is 12.0 Å². The number of hydrogen-bond acceptors (Lipinski definition) is 2. The minimum atomic E-state index is 0.0153. The molecule has 0 spiro atoms. The lowest BCUT2D eigenvalue weighted by Crippen LogP contribution is -2.34. The summed E-state index contributed by atoms with van der Waals surface area (Å²) < 4.78 is 0.990. The Morgan fingerprint density at radius 2 is 2.20 bits per heavy atom. The van der Waals surface area contributed by atoms with Gasteiger partial charge >= 0.3 is 0 Å². The lowest BCUT2D eigenvalue weighted by Gasteiger charge is -2.13. The molecule has 1 aromatic carbocycles. The van der Waals surface area contributed by atoms with Gasteiger partial charge in [0.25, 0.3) is 5.91 Å². The van der Waals surface area contributed by atoms with Crippen LogP contribution in [0, 0.1) is 3.57 Å². The second-order valence-electron chi connectivity index (χ2n) is 3.31. The number of amides is 1. The largest absolute Gasteiger partial charge is 0.349 e. The van der Waals surface area contributed by atoms with E-state index in [0.29, 0.717) is 0 Å². The molecule has 0 saturated carbocycles. The highest BCUT2D eigenvalue weighted by molar-refractivity contribution is 14.1. The summed E-state index contributed by atoms with van der Waals surface area (Å²) in [5, 5.41) is 2.97. The predicted octanol–water partition coefficient (Wildman–Crippen LogP) is 2.77. The molecule has 4 heteroatoms. The van der Waals surface area contributed by atoms with Gasteiger partial charge in [-0.05, 0) is 47.9 Å². The van der Waals surface area contributed by atoms with Gasteiger partial charge in [-0.1, -0.05) is 12.1 Å². The van der Waals surface area contributed by atoms with Crippen LogP contribution in [0.3, 0.4) is 0 Å². The standard InChI is InChI=1S/C11H14INOS/c1-8(7-15-2)13-11(14)9-5-3-4-6-10(9)12/h3-6,8H,7H2,1-2H3,(H,13,14). The zero-order valence-corrected chi connectivity index (χ0v) is 11.8. The first-order valence-electron chi connectivity index (χ1n) is 4.69. The number of benzene rings is 1. The number of thioether (sulfide) groups is 1. The lowest BCUT2D eigenvalue weighted by atomic mass is 10.2. The summed E-state index contributed by atoms with van der Waals surface area (Å²) in [6.45, 7) is 2.02. The molecule has 0 saturated heterocycles. The Bertz CT molecular complexity index is 343. The molecule has 2 nitrogen and oxygen atoms in total. The number of carbonyl (C=O) groups excluding carboxylic acids is 1. The molecule has 0 fully saturated rings. The van der Waals surface area contributed by atoms with E-state index in [1.165, 1.54) is 0 Å². The van der Waals surface area contributed by atoms with Gasteiger partial charge in [-0.25, -0.2) is 0 Å². The van der Waals surface area contributed by atoms with Gasteiger partial charge < -0.3 is 5.32 Å². The van der Waals surface area contributed by atoms with Crippen LogP contribution in [0.2, 0.25) is 0 Å². The summed E-state index contributed by atoms with van der Waals surface area (Å²) >= 11 is 3.91. The third-order valence-electron chi connectivity index (χ3n) is 1.91. The second kappa shape index (κ2) is 6.37. The first-order valence-corrected chi connectivity index (χ1v) is 7.16. The molecule has 1 unspecified atom stereocenters. The molecule has 0 aliphatic carbocycles. The molecule has 0 aliphatic heterocycles. The third-order valence-corrected chi connectivity index (χ3v) is 3.69. The van der Waals surface area contributed by atoms with Crippen molar-refractivity contribution in [3.05, 3.63) is 33.4 Å². The molecular weight excluding hydrogens is 321 g/mol. The fourth-order valence-corrected chi connectivity index (χ4v) is 2.45. The first-order chi connectivity index (χ1) is 7.15. The number of carbonyl (C=O) groups is 1. The third kappa shape index (κ3) is 4.03. The summed E-state index contributed by atoms with van der Waals surface area (Å²) in [4.78, 5) is 11.8. The van der Waals surface area contributed by atoms with Crippen LogP contribution in [0.1, 0.15) is 17.3 Å². The normalized spacial score (nSPS) is 12.2. The fraction of sp³-hybridized carbons (Fsp3) is 0.364. The van der Waals surface area contributed by atoms with Crippen LogP contribution in [0.5, 0.6) is 0 Å². The van der Waals surface area contributed by atoms with E-state index >= 15 is 0 Å². The van der Waals surface area contributed by atoms with Gasteiger partial charge in [-0.15, -0.1) is 0 Å². The summed E-state index contributed by atoms with van der Waals surface area (Å²) in [6.07, 6.45) is 2.04. The Kier molecular flexibility index (Phi) is 5.45. The molecule has 0 radical (unpaired) electrons. The molecule has 1 atom stereocenters. The summed E-state index contributed by atoms with van der Waals surface area (Å²) in [5.41, 5.74) is 0.756. The predicted molar refractivity (Wildman–Crippen MR) is 74.5 cm³/mol. The molecule has 0 heterocycles. The first kappa shape index (κ1) is 12.8. The van der Waals surface area contributed by atoms with Crippen LogP contribution in [-0.4, -0.2) is 24.0 Å². The minimum Gasteiger partial charge on any atom is -0.349 e. The summed E-state index contributed by atoms with van der Waals surface area (Å²) in [7, 11) is 0. The highest BCUT2D eigenvalue weighted by Gasteiger charge is 2.11. The minimum absolute atomic E-state index is 0.0153. The maximum atomic E-state index is 11.8. The Balaban J connectivity index is 2.65. The van der Waals surface area contributed by atoms with Crippen LogP contribution < -0.4 is 5.32 Å². The fourth-order valence-electron chi connectivity index (χ4n) is 1.24. The van der Waals surface area contributed by atoms with Gasteiger partial charge in [0, 0.05) is 15.4 Å². The Labute approximate surface area is 108 Å². The number of nitrogens with one attached hydrogen (secondary N) is 1. The quantitative estimate of drug-likeness (QED) is 0.858. The molecule has 82 valence electrons. The maximum absolute atomic E-state index is 11.8. The van der Waals surface area contributed by atoms with E-state index in [2.05, 4.69) is 27.9 Å². The van der Waals surface area contributed by atoms with Gasteiger partial charge in [0.05, 0.1) is 5.56 Å². The topological polar surface area (TPSA) is 29.1 Å². The van der Waals surface area contributed by atoms with E-state index in [1.807, 2.05) is 37.4 Å². The van der Waals surface area contributed by atoms with Crippen LogP contribution in [-0.2, 0) is 0 Å². The molecule has 1 amide bonds. The monoisotopic (exact) mass is 335 g/mol. The van der Waals surface area contributed by atoms with Crippen LogP contribution >= 0.6 is 34.4 Å². The van der Waals surface area contributed by atoms with Gasteiger partial charge in [-0.2, -0.15) is 11.8 Å². The number of hydrogen-bond donors (Lipinski definition) is 1. The van der Waals surface area contributed by atoms with Crippen molar-refractivity contribution in [2.45, 2.75) is 13.0 Å². The van der Waals surface area contributed by atoms with Gasteiger partial charge in [0.1, 0.15) is 0 Å². The Morgan fingerprint density at radius 3 is 2.80 bits per heavy atom. The summed E-state index contributed by atoms with van der Waals surface area (Å²) in [6, 6.07) is 7.82. The molecule has 1 N–H and O–H groups in total. The van der Waals surface area contributed by atoms with Crippen molar-refractivity contribution < 1.29 is 4.79 Å². The van der Waals surface area contributed by atoms with Crippen molar-refractivity contribution in [3.63, 3.8) is 0 Å². The Morgan fingerprint density at radius 1 is 1.53 bits per heavy atom. The number of halogens is 1. The molecule has 0 bridgehead atoms. The lowest BCUT2D eigenvalue weighted by molar-refractivity contribution is 0.0943. The number of rotatable bonds is 4. The van der Waals surface area contributed by atoms with Crippen LogP contribution in [0.25, 0.3) is 0 Å². The zero-order valence-electron chi connectivity index (χ0n) is 8.79. The van der Waals surface area contributed by atoms with E-state index in [4.69, 9.17) is 0 Å². The highest BCUT2D eigenvalue weighted by atomic mass is 127. The van der Waals surface area contributed by atoms with Crippen molar-refractivity contribution in [1.82, 2.24) is 5.32 Å². The average molecular weight is 335 g/mol. The van der Waals surface area contributed by atoms with Crippen molar-refractivity contribution >= 4 is 40.3 Å². The van der Waals surface area contributed by atoms with E-state index in [1.54, 1.807) is 11.8 Å². The van der Waals surface area contributed by atoms with Crippen LogP contribution in [0.4, 0.5) is 0 Å². The molecule has 0 aromatic heterocycles. The molecule has 0 aliphatic rings. The molecular formula is C11H14INOS. The van der Waals surface area contributed by atoms with Crippen molar-refractivity contribution in [1.29, 1.82) is 0 Å².